The van der Waals surface area contributed by atoms with Gasteiger partial charge < -0.3 is 19.9 Å². The number of hydrogen-bond donors (Lipinski definition) is 2. The van der Waals surface area contributed by atoms with E-state index in [1.165, 1.54) is 0 Å². The van der Waals surface area contributed by atoms with E-state index in [0.29, 0.717) is 35.3 Å². The molecule has 0 aliphatic carbocycles. The van der Waals surface area contributed by atoms with E-state index in [1.807, 2.05) is 23.6 Å². The van der Waals surface area contributed by atoms with Crippen molar-refractivity contribution >= 4 is 40.3 Å². The number of amides is 1. The monoisotopic (exact) mass is 427 g/mol. The zero-order chi connectivity index (χ0) is 21.6. The summed E-state index contributed by atoms with van der Waals surface area (Å²) in [6.07, 6.45) is 3.35. The lowest BCUT2D eigenvalue weighted by molar-refractivity contribution is -0.133. The standard InChI is InChI=1S/C21H22ClN5O3/c1-11-9-26(10-12(2)27(11)13(3)28)20-15(21(29)30)4-5-18(25-20)17-8-24-19-16(17)6-14(22)7-23-19/h4-8,11-12H,9-10H2,1-3H3,(H,23,24)(H,29,30)/t11-,12+. The highest BCUT2D eigenvalue weighted by Crippen LogP contribution is 2.32. The number of carbonyl (C=O) groups is 2. The maximum absolute atomic E-state index is 12.0. The van der Waals surface area contributed by atoms with Crippen molar-refractivity contribution in [2.45, 2.75) is 32.9 Å². The van der Waals surface area contributed by atoms with Crippen LogP contribution in [-0.4, -0.2) is 62.0 Å². The lowest BCUT2D eigenvalue weighted by Crippen LogP contribution is -2.58. The molecule has 1 aliphatic rings. The number of hydrogen-bond acceptors (Lipinski definition) is 5. The van der Waals surface area contributed by atoms with Crippen LogP contribution in [0.4, 0.5) is 5.82 Å². The number of aromatic carboxylic acids is 1. The lowest BCUT2D eigenvalue weighted by atomic mass is 10.1. The number of aromatic amines is 1. The largest absolute Gasteiger partial charge is 0.478 e. The predicted molar refractivity (Wildman–Crippen MR) is 115 cm³/mol. The first-order valence-electron chi connectivity index (χ1n) is 9.67. The van der Waals surface area contributed by atoms with Crippen LogP contribution in [0.2, 0.25) is 5.02 Å². The van der Waals surface area contributed by atoms with Gasteiger partial charge in [-0.1, -0.05) is 11.6 Å². The van der Waals surface area contributed by atoms with Crippen molar-refractivity contribution in [2.75, 3.05) is 18.0 Å². The Morgan fingerprint density at radius 3 is 2.57 bits per heavy atom. The molecule has 3 aromatic rings. The second-order valence-corrected chi connectivity index (χ2v) is 8.09. The van der Waals surface area contributed by atoms with Crippen LogP contribution in [0.15, 0.2) is 30.6 Å². The predicted octanol–water partition coefficient (Wildman–Crippen LogP) is 3.42. The van der Waals surface area contributed by atoms with Crippen LogP contribution in [0.1, 0.15) is 31.1 Å². The summed E-state index contributed by atoms with van der Waals surface area (Å²) in [5.74, 6) is -0.633. The van der Waals surface area contributed by atoms with E-state index in [0.717, 1.165) is 10.9 Å². The van der Waals surface area contributed by atoms with Gasteiger partial charge >= 0.3 is 5.97 Å². The van der Waals surface area contributed by atoms with E-state index >= 15 is 0 Å². The number of anilines is 1. The Bertz CT molecular complexity index is 1130. The van der Waals surface area contributed by atoms with Crippen molar-refractivity contribution < 1.29 is 14.7 Å². The van der Waals surface area contributed by atoms with Crippen molar-refractivity contribution in [1.82, 2.24) is 19.9 Å². The minimum Gasteiger partial charge on any atom is -0.478 e. The van der Waals surface area contributed by atoms with Crippen LogP contribution in [-0.2, 0) is 4.79 Å². The van der Waals surface area contributed by atoms with E-state index in [1.54, 1.807) is 37.5 Å². The minimum atomic E-state index is -1.04. The Balaban J connectivity index is 1.78. The third kappa shape index (κ3) is 3.47. The first-order chi connectivity index (χ1) is 14.3. The molecule has 0 radical (unpaired) electrons. The second kappa shape index (κ2) is 7.60. The third-order valence-electron chi connectivity index (χ3n) is 5.46. The van der Waals surface area contributed by atoms with Gasteiger partial charge in [0, 0.05) is 55.4 Å². The Morgan fingerprint density at radius 1 is 1.23 bits per heavy atom. The average Bonchev–Trinajstić information content (AvgIpc) is 3.09. The molecule has 2 N–H and O–H groups in total. The number of fused-ring (bicyclic) bond motifs is 1. The number of H-pyrrole nitrogens is 1. The van der Waals surface area contributed by atoms with Crippen LogP contribution >= 0.6 is 11.6 Å². The first-order valence-corrected chi connectivity index (χ1v) is 10.0. The van der Waals surface area contributed by atoms with Crippen LogP contribution in [0.25, 0.3) is 22.3 Å². The van der Waals surface area contributed by atoms with Gasteiger partial charge in [-0.2, -0.15) is 0 Å². The van der Waals surface area contributed by atoms with E-state index in [2.05, 4.69) is 9.97 Å². The molecule has 3 aromatic heterocycles. The number of nitrogens with one attached hydrogen (secondary N) is 1. The maximum Gasteiger partial charge on any atom is 0.339 e. The van der Waals surface area contributed by atoms with Gasteiger partial charge in [0.1, 0.15) is 17.0 Å². The molecule has 2 atom stereocenters. The second-order valence-electron chi connectivity index (χ2n) is 7.65. The average molecular weight is 428 g/mol. The summed E-state index contributed by atoms with van der Waals surface area (Å²) < 4.78 is 0. The number of carbonyl (C=O) groups excluding carboxylic acids is 1. The summed E-state index contributed by atoms with van der Waals surface area (Å²) in [4.78, 5) is 39.7. The van der Waals surface area contributed by atoms with Gasteiger partial charge in [-0.15, -0.1) is 0 Å². The molecule has 4 heterocycles. The van der Waals surface area contributed by atoms with Crippen LogP contribution < -0.4 is 4.90 Å². The van der Waals surface area contributed by atoms with E-state index in [-0.39, 0.29) is 23.6 Å². The molecule has 0 spiro atoms. The number of carboxylic acids is 1. The Labute approximate surface area is 178 Å². The van der Waals surface area contributed by atoms with Crippen molar-refractivity contribution in [3.8, 4) is 11.3 Å². The molecule has 0 aromatic carbocycles. The van der Waals surface area contributed by atoms with Gasteiger partial charge in [0.05, 0.1) is 10.7 Å². The summed E-state index contributed by atoms with van der Waals surface area (Å²) in [6, 6.07) is 4.94. The fourth-order valence-corrected chi connectivity index (χ4v) is 4.47. The molecule has 1 aliphatic heterocycles. The SMILES string of the molecule is CC(=O)N1[C@H](C)CN(c2nc(-c3c[nH]c4ncc(Cl)cc34)ccc2C(=O)O)C[C@@H]1C. The number of halogens is 1. The first kappa shape index (κ1) is 20.2. The van der Waals surface area contributed by atoms with Crippen LogP contribution in [0.3, 0.4) is 0 Å². The summed E-state index contributed by atoms with van der Waals surface area (Å²) in [5, 5.41) is 11.1. The smallest absolute Gasteiger partial charge is 0.339 e. The van der Waals surface area contributed by atoms with Gasteiger partial charge in [-0.25, -0.2) is 14.8 Å². The molecule has 0 unspecified atom stereocenters. The molecular weight excluding hydrogens is 406 g/mol. The zero-order valence-corrected chi connectivity index (χ0v) is 17.6. The van der Waals surface area contributed by atoms with E-state index < -0.39 is 5.97 Å². The topological polar surface area (TPSA) is 102 Å². The number of carboxylic acid groups (broad SMARTS) is 1. The molecule has 30 heavy (non-hydrogen) atoms. The molecule has 1 saturated heterocycles. The number of aromatic nitrogens is 3. The minimum absolute atomic E-state index is 0.0120. The van der Waals surface area contributed by atoms with E-state index in [9.17, 15) is 14.7 Å². The highest BCUT2D eigenvalue weighted by Gasteiger charge is 2.33. The quantitative estimate of drug-likeness (QED) is 0.664. The highest BCUT2D eigenvalue weighted by atomic mass is 35.5. The number of pyridine rings is 2. The van der Waals surface area contributed by atoms with Crippen LogP contribution in [0, 0.1) is 0 Å². The molecule has 9 heteroatoms. The summed E-state index contributed by atoms with van der Waals surface area (Å²) in [6.45, 7) is 6.48. The number of nitrogens with zero attached hydrogens (tertiary/aromatic N) is 4. The Hall–Kier alpha value is -3.13. The van der Waals surface area contributed by atoms with E-state index in [4.69, 9.17) is 16.6 Å². The highest BCUT2D eigenvalue weighted by molar-refractivity contribution is 6.31. The fraction of sp³-hybridized carbons (Fsp3) is 0.333. The Kier molecular flexibility index (Phi) is 5.11. The van der Waals surface area contributed by atoms with Crippen molar-refractivity contribution in [1.29, 1.82) is 0 Å². The van der Waals surface area contributed by atoms with Gasteiger partial charge in [0.25, 0.3) is 0 Å². The van der Waals surface area contributed by atoms with Gasteiger partial charge in [0.2, 0.25) is 5.91 Å². The molecule has 0 bridgehead atoms. The summed E-state index contributed by atoms with van der Waals surface area (Å²) in [7, 11) is 0. The summed E-state index contributed by atoms with van der Waals surface area (Å²) in [5.41, 5.74) is 2.23. The molecule has 0 saturated carbocycles. The third-order valence-corrected chi connectivity index (χ3v) is 5.67. The molecule has 4 rings (SSSR count). The number of piperazine rings is 1. The Morgan fingerprint density at radius 2 is 1.93 bits per heavy atom. The molecule has 156 valence electrons. The van der Waals surface area contributed by atoms with Gasteiger partial charge in [-0.3, -0.25) is 4.79 Å². The number of rotatable bonds is 3. The molecular formula is C21H22ClN5O3. The van der Waals surface area contributed by atoms with Crippen molar-refractivity contribution in [2.24, 2.45) is 0 Å². The molecule has 8 nitrogen and oxygen atoms in total. The summed E-state index contributed by atoms with van der Waals surface area (Å²) >= 11 is 6.11. The van der Waals surface area contributed by atoms with Gasteiger partial charge in [0.15, 0.2) is 0 Å². The lowest BCUT2D eigenvalue weighted by Gasteiger charge is -2.44. The maximum atomic E-state index is 12.0. The normalized spacial score (nSPS) is 19.3. The molecule has 1 amide bonds. The molecule has 1 fully saturated rings. The van der Waals surface area contributed by atoms with Gasteiger partial charge in [-0.05, 0) is 32.0 Å². The zero-order valence-electron chi connectivity index (χ0n) is 16.9. The fourth-order valence-electron chi connectivity index (χ4n) is 4.31. The van der Waals surface area contributed by atoms with Crippen molar-refractivity contribution in [3.63, 3.8) is 0 Å². The van der Waals surface area contributed by atoms with Crippen molar-refractivity contribution in [3.05, 3.63) is 41.2 Å². The van der Waals surface area contributed by atoms with Crippen LogP contribution in [0.5, 0.6) is 0 Å².